The highest BCUT2D eigenvalue weighted by molar-refractivity contribution is 7.80. The number of aromatic nitrogens is 1. The first-order valence-corrected chi connectivity index (χ1v) is 8.92. The molecule has 0 saturated heterocycles. The molecule has 0 spiro atoms. The molecular weight excluding hydrogens is 409 g/mol. The average Bonchev–Trinajstić information content (AvgIpc) is 2.93. The molecule has 3 aromatic rings. The fourth-order valence-electron chi connectivity index (χ4n) is 1.91. The van der Waals surface area contributed by atoms with Crippen molar-refractivity contribution in [2.45, 2.75) is 0 Å². The van der Waals surface area contributed by atoms with Crippen molar-refractivity contribution in [2.24, 2.45) is 0 Å². The molecule has 2 N–H and O–H groups in total. The van der Waals surface area contributed by atoms with Crippen molar-refractivity contribution in [1.82, 2.24) is 10.3 Å². The highest BCUT2D eigenvalue weighted by Crippen LogP contribution is 2.30. The van der Waals surface area contributed by atoms with Crippen LogP contribution in [0.25, 0.3) is 10.2 Å². The smallest absolute Gasteiger partial charge is 0.257 e. The number of fused-ring (bicyclic) bond motifs is 1. The molecule has 3 rings (SSSR count). The number of carbonyl (C=O) groups is 1. The second-order valence-electron chi connectivity index (χ2n) is 4.64. The van der Waals surface area contributed by atoms with Gasteiger partial charge in [0.15, 0.2) is 10.2 Å². The van der Waals surface area contributed by atoms with Crippen molar-refractivity contribution < 1.29 is 4.79 Å². The molecule has 9 heteroatoms. The molecule has 0 unspecified atom stereocenters. The summed E-state index contributed by atoms with van der Waals surface area (Å²) in [5.41, 5.74) is 1.03. The Morgan fingerprint density at radius 1 is 1.08 bits per heavy atom. The fourth-order valence-corrected chi connectivity index (χ4v) is 3.63. The molecule has 1 heterocycles. The van der Waals surface area contributed by atoms with Gasteiger partial charge in [0.05, 0.1) is 19.8 Å². The molecule has 1 aromatic heterocycles. The van der Waals surface area contributed by atoms with Gasteiger partial charge in [0.25, 0.3) is 5.91 Å². The summed E-state index contributed by atoms with van der Waals surface area (Å²) < 4.78 is 0.920. The summed E-state index contributed by atoms with van der Waals surface area (Å²) in [4.78, 5) is 16.5. The fraction of sp³-hybridized carbons (Fsp3) is 0. The first-order chi connectivity index (χ1) is 11.4. The highest BCUT2D eigenvalue weighted by Gasteiger charge is 2.12. The minimum absolute atomic E-state index is 0.126. The van der Waals surface area contributed by atoms with Crippen LogP contribution in [0, 0.1) is 0 Å². The van der Waals surface area contributed by atoms with Gasteiger partial charge in [-0.2, -0.15) is 0 Å². The first-order valence-electron chi connectivity index (χ1n) is 6.56. The number of anilines is 1. The number of hydrogen-bond donors (Lipinski definition) is 2. The van der Waals surface area contributed by atoms with Gasteiger partial charge in [-0.15, -0.1) is 0 Å². The minimum Gasteiger partial charge on any atom is -0.308 e. The third kappa shape index (κ3) is 3.79. The van der Waals surface area contributed by atoms with Gasteiger partial charge in [0.1, 0.15) is 5.52 Å². The predicted molar refractivity (Wildman–Crippen MR) is 105 cm³/mol. The van der Waals surface area contributed by atoms with Gasteiger partial charge in [-0.1, -0.05) is 52.2 Å². The quantitative estimate of drug-likeness (QED) is 0.550. The lowest BCUT2D eigenvalue weighted by atomic mass is 10.2. The summed E-state index contributed by atoms with van der Waals surface area (Å²) in [5, 5.41) is 7.33. The number of amides is 1. The summed E-state index contributed by atoms with van der Waals surface area (Å²) in [6.07, 6.45) is 0. The molecule has 24 heavy (non-hydrogen) atoms. The normalized spacial score (nSPS) is 10.6. The van der Waals surface area contributed by atoms with E-state index in [0.717, 1.165) is 4.70 Å². The topological polar surface area (TPSA) is 54.0 Å². The van der Waals surface area contributed by atoms with Crippen LogP contribution in [0.15, 0.2) is 36.4 Å². The summed E-state index contributed by atoms with van der Waals surface area (Å²) in [5.74, 6) is -0.398. The zero-order valence-electron chi connectivity index (χ0n) is 11.8. The number of benzene rings is 2. The maximum Gasteiger partial charge on any atom is 0.257 e. The summed E-state index contributed by atoms with van der Waals surface area (Å²) >= 11 is 24.3. The van der Waals surface area contributed by atoms with Crippen LogP contribution < -0.4 is 10.6 Å². The number of carbonyl (C=O) groups excluding carboxylic acids is 1. The summed E-state index contributed by atoms with van der Waals surface area (Å²) in [6, 6.07) is 10.1. The average molecular weight is 417 g/mol. The lowest BCUT2D eigenvalue weighted by Gasteiger charge is -2.07. The Kier molecular flexibility index (Phi) is 5.22. The van der Waals surface area contributed by atoms with Gasteiger partial charge in [-0.05, 0) is 42.5 Å². The van der Waals surface area contributed by atoms with Gasteiger partial charge in [-0.25, -0.2) is 4.98 Å². The van der Waals surface area contributed by atoms with E-state index in [1.165, 1.54) is 17.4 Å². The Labute approximate surface area is 161 Å². The number of nitrogens with zero attached hydrogens (tertiary/aromatic N) is 1. The van der Waals surface area contributed by atoms with E-state index in [4.69, 9.17) is 47.0 Å². The van der Waals surface area contributed by atoms with Crippen LogP contribution in [0.5, 0.6) is 0 Å². The molecule has 0 bridgehead atoms. The Balaban J connectivity index is 1.71. The highest BCUT2D eigenvalue weighted by atomic mass is 35.5. The molecule has 4 nitrogen and oxygen atoms in total. The van der Waals surface area contributed by atoms with Gasteiger partial charge in [-0.3, -0.25) is 10.1 Å². The van der Waals surface area contributed by atoms with Crippen LogP contribution >= 0.6 is 58.4 Å². The Morgan fingerprint density at radius 3 is 2.58 bits per heavy atom. The van der Waals surface area contributed by atoms with E-state index in [1.54, 1.807) is 18.2 Å². The third-order valence-electron chi connectivity index (χ3n) is 3.00. The van der Waals surface area contributed by atoms with Crippen molar-refractivity contribution in [1.29, 1.82) is 0 Å². The van der Waals surface area contributed by atoms with Crippen LogP contribution in [0.3, 0.4) is 0 Å². The van der Waals surface area contributed by atoms with E-state index < -0.39 is 5.91 Å². The van der Waals surface area contributed by atoms with Crippen molar-refractivity contribution in [3.63, 3.8) is 0 Å². The molecule has 0 saturated carbocycles. The van der Waals surface area contributed by atoms with E-state index >= 15 is 0 Å². The van der Waals surface area contributed by atoms with Crippen molar-refractivity contribution in [3.8, 4) is 0 Å². The van der Waals surface area contributed by atoms with Crippen molar-refractivity contribution >= 4 is 84.7 Å². The monoisotopic (exact) mass is 415 g/mol. The SMILES string of the molecule is O=C(NC(=S)Nc1nc2c(Cl)cccc2s1)c1ccc(Cl)c(Cl)c1. The third-order valence-corrected chi connectivity index (χ3v) is 5.18. The zero-order valence-corrected chi connectivity index (χ0v) is 15.7. The number of hydrogen-bond acceptors (Lipinski definition) is 4. The van der Waals surface area contributed by atoms with Crippen molar-refractivity contribution in [3.05, 3.63) is 57.0 Å². The van der Waals surface area contributed by atoms with Crippen LogP contribution in [0.4, 0.5) is 5.13 Å². The molecule has 0 fully saturated rings. The van der Waals surface area contributed by atoms with Gasteiger partial charge in [0, 0.05) is 5.56 Å². The standard InChI is InChI=1S/C15H8Cl3N3OS2/c16-8-5-4-7(6-10(8)18)13(22)20-14(23)21-15-19-12-9(17)2-1-3-11(12)24-15/h1-6H,(H2,19,20,21,22,23). The summed E-state index contributed by atoms with van der Waals surface area (Å²) in [6.45, 7) is 0. The van der Waals surface area contributed by atoms with Crippen LogP contribution in [0.1, 0.15) is 10.4 Å². The number of thiocarbonyl (C=S) groups is 1. The lowest BCUT2D eigenvalue weighted by molar-refractivity contribution is 0.0978. The number of thiazole rings is 1. The maximum atomic E-state index is 12.2. The first kappa shape index (κ1) is 17.4. The number of halogens is 3. The van der Waals surface area contributed by atoms with E-state index in [1.807, 2.05) is 12.1 Å². The Hall–Kier alpha value is -1.44. The predicted octanol–water partition coefficient (Wildman–Crippen LogP) is 5.38. The zero-order chi connectivity index (χ0) is 17.3. The number of para-hydroxylation sites is 1. The lowest BCUT2D eigenvalue weighted by Crippen LogP contribution is -2.34. The maximum absolute atomic E-state index is 12.2. The molecule has 0 aliphatic carbocycles. The van der Waals surface area contributed by atoms with Gasteiger partial charge in [0.2, 0.25) is 0 Å². The molecule has 1 amide bonds. The minimum atomic E-state index is -0.398. The van der Waals surface area contributed by atoms with Crippen molar-refractivity contribution in [2.75, 3.05) is 5.32 Å². The largest absolute Gasteiger partial charge is 0.308 e. The van der Waals surface area contributed by atoms with E-state index in [0.29, 0.717) is 31.3 Å². The van der Waals surface area contributed by atoms with E-state index in [9.17, 15) is 4.79 Å². The van der Waals surface area contributed by atoms with Gasteiger partial charge < -0.3 is 5.32 Å². The second kappa shape index (κ2) is 7.21. The molecule has 122 valence electrons. The molecule has 0 atom stereocenters. The van der Waals surface area contributed by atoms with Crippen LogP contribution in [0.2, 0.25) is 15.1 Å². The number of rotatable bonds is 2. The van der Waals surface area contributed by atoms with E-state index in [2.05, 4.69) is 15.6 Å². The molecule has 0 radical (unpaired) electrons. The molecule has 0 aliphatic rings. The molecule has 0 aliphatic heterocycles. The van der Waals surface area contributed by atoms with E-state index in [-0.39, 0.29) is 5.11 Å². The Bertz CT molecular complexity index is 958. The van der Waals surface area contributed by atoms with Crippen LogP contribution in [-0.4, -0.2) is 16.0 Å². The van der Waals surface area contributed by atoms with Gasteiger partial charge >= 0.3 is 0 Å². The summed E-state index contributed by atoms with van der Waals surface area (Å²) in [7, 11) is 0. The second-order valence-corrected chi connectivity index (χ2v) is 7.30. The Morgan fingerprint density at radius 2 is 1.88 bits per heavy atom. The molecule has 2 aromatic carbocycles. The molecular formula is C15H8Cl3N3OS2. The number of nitrogens with one attached hydrogen (secondary N) is 2. The van der Waals surface area contributed by atoms with Crippen LogP contribution in [-0.2, 0) is 0 Å².